The minimum Gasteiger partial charge on any atom is -0.461 e. The molecule has 0 rings (SSSR count). The van der Waals surface area contributed by atoms with E-state index in [1.807, 2.05) is 27.7 Å². The Hall–Kier alpha value is -0.650. The molecule has 5 heteroatoms. The molecule has 26 heavy (non-hydrogen) atoms. The first-order chi connectivity index (χ1) is 11.5. The molecule has 0 aromatic heterocycles. The van der Waals surface area contributed by atoms with Gasteiger partial charge in [0, 0.05) is 0 Å². The largest absolute Gasteiger partial charge is 0.461 e. The molecule has 0 saturated heterocycles. The summed E-state index contributed by atoms with van der Waals surface area (Å²) in [5.74, 6) is -0.381. The molecule has 0 radical (unpaired) electrons. The molecule has 0 aliphatic carbocycles. The van der Waals surface area contributed by atoms with Crippen LogP contribution in [0.3, 0.4) is 0 Å². The van der Waals surface area contributed by atoms with E-state index in [1.54, 1.807) is 13.8 Å². The zero-order valence-electron chi connectivity index (χ0n) is 18.9. The quantitative estimate of drug-likeness (QED) is 0.385. The molecular weight excluding hydrogens is 332 g/mol. The van der Waals surface area contributed by atoms with E-state index in [0.717, 1.165) is 0 Å². The highest BCUT2D eigenvalue weighted by atomic mass is 16.6. The maximum absolute atomic E-state index is 12.3. The highest BCUT2D eigenvalue weighted by molar-refractivity contribution is 5.78. The highest BCUT2D eigenvalue weighted by Crippen LogP contribution is 2.34. The Morgan fingerprint density at radius 2 is 1.38 bits per heavy atom. The van der Waals surface area contributed by atoms with Crippen LogP contribution in [-0.2, 0) is 23.7 Å². The minimum absolute atomic E-state index is 0.0408. The summed E-state index contributed by atoms with van der Waals surface area (Å²) in [6, 6.07) is 0. The van der Waals surface area contributed by atoms with Crippen LogP contribution in [0.4, 0.5) is 0 Å². The van der Waals surface area contributed by atoms with E-state index in [2.05, 4.69) is 34.6 Å². The molecule has 0 spiro atoms. The van der Waals surface area contributed by atoms with Crippen molar-refractivity contribution in [2.24, 2.45) is 5.41 Å². The van der Waals surface area contributed by atoms with Crippen molar-refractivity contribution in [1.82, 2.24) is 0 Å². The maximum Gasteiger partial charge on any atom is 0.337 e. The van der Waals surface area contributed by atoms with Gasteiger partial charge in [0.2, 0.25) is 0 Å². The number of hydrogen-bond acceptors (Lipinski definition) is 5. The van der Waals surface area contributed by atoms with E-state index < -0.39 is 11.2 Å². The van der Waals surface area contributed by atoms with Crippen molar-refractivity contribution in [3.63, 3.8) is 0 Å². The molecule has 0 aromatic rings. The second-order valence-corrected chi connectivity index (χ2v) is 9.79. The molecule has 0 heterocycles. The molecule has 0 aliphatic heterocycles. The van der Waals surface area contributed by atoms with E-state index in [-0.39, 0.29) is 29.7 Å². The Kier molecular flexibility index (Phi) is 9.28. The average Bonchev–Trinajstić information content (AvgIpc) is 2.39. The number of carbonyl (C=O) groups is 1. The Bertz CT molecular complexity index is 430. The van der Waals surface area contributed by atoms with Gasteiger partial charge >= 0.3 is 5.97 Å². The first kappa shape index (κ1) is 25.4. The molecular formula is C21H42O5. The Morgan fingerprint density at radius 3 is 1.85 bits per heavy atom. The summed E-state index contributed by atoms with van der Waals surface area (Å²) in [7, 11) is 0. The van der Waals surface area contributed by atoms with Crippen molar-refractivity contribution in [2.75, 3.05) is 19.8 Å². The standard InChI is InChI=1S/C21H42O5/c1-16(2)23-14-15-24-17(22)20(8,9)26-19(6,7)12-13-25-21(10,11)18(3,4)5/h16H,12-15H2,1-11H3. The van der Waals surface area contributed by atoms with E-state index in [4.69, 9.17) is 18.9 Å². The van der Waals surface area contributed by atoms with E-state index >= 15 is 0 Å². The molecule has 0 N–H and O–H groups in total. The van der Waals surface area contributed by atoms with Crippen LogP contribution in [-0.4, -0.2) is 48.7 Å². The molecule has 5 nitrogen and oxygen atoms in total. The summed E-state index contributed by atoms with van der Waals surface area (Å²) >= 11 is 0. The van der Waals surface area contributed by atoms with Gasteiger partial charge in [-0.3, -0.25) is 0 Å². The number of esters is 1. The molecule has 156 valence electrons. The molecule has 0 bridgehead atoms. The molecule has 0 fully saturated rings. The van der Waals surface area contributed by atoms with E-state index in [1.165, 1.54) is 0 Å². The van der Waals surface area contributed by atoms with Crippen LogP contribution in [0.15, 0.2) is 0 Å². The van der Waals surface area contributed by atoms with Gasteiger partial charge in [0.1, 0.15) is 6.61 Å². The lowest BCUT2D eigenvalue weighted by Gasteiger charge is -2.40. The van der Waals surface area contributed by atoms with Gasteiger partial charge in [0.05, 0.1) is 30.5 Å². The highest BCUT2D eigenvalue weighted by Gasteiger charge is 2.38. The zero-order chi connectivity index (χ0) is 20.8. The van der Waals surface area contributed by atoms with Gasteiger partial charge < -0.3 is 18.9 Å². The summed E-state index contributed by atoms with van der Waals surface area (Å²) in [5, 5.41) is 0. The number of hydrogen-bond donors (Lipinski definition) is 0. The number of carbonyl (C=O) groups excluding carboxylic acids is 1. The summed E-state index contributed by atoms with van der Waals surface area (Å²) in [6.07, 6.45) is 0.800. The summed E-state index contributed by atoms with van der Waals surface area (Å²) in [6.45, 7) is 23.2. The predicted molar refractivity (Wildman–Crippen MR) is 105 cm³/mol. The lowest BCUT2D eigenvalue weighted by Crippen LogP contribution is -2.45. The fraction of sp³-hybridized carbons (Fsp3) is 0.952. The second-order valence-electron chi connectivity index (χ2n) is 9.79. The molecule has 0 aromatic carbocycles. The Labute approximate surface area is 161 Å². The SMILES string of the molecule is CC(C)OCCOC(=O)C(C)(C)OC(C)(C)CCOC(C)(C)C(C)(C)C. The van der Waals surface area contributed by atoms with Crippen LogP contribution in [0.25, 0.3) is 0 Å². The third kappa shape index (κ3) is 9.33. The summed E-state index contributed by atoms with van der Waals surface area (Å²) < 4.78 is 22.8. The molecule has 0 aliphatic rings. The van der Waals surface area contributed by atoms with Crippen molar-refractivity contribution in [2.45, 2.75) is 105 Å². The average molecular weight is 375 g/mol. The second kappa shape index (κ2) is 9.52. The molecule has 0 amide bonds. The van der Waals surface area contributed by atoms with E-state index in [9.17, 15) is 4.79 Å². The van der Waals surface area contributed by atoms with Gasteiger partial charge in [-0.2, -0.15) is 0 Å². The third-order valence-electron chi connectivity index (χ3n) is 4.76. The van der Waals surface area contributed by atoms with Crippen LogP contribution in [0.2, 0.25) is 0 Å². The summed E-state index contributed by atoms with van der Waals surface area (Å²) in [5.41, 5.74) is -1.74. The lowest BCUT2D eigenvalue weighted by molar-refractivity contribution is -0.192. The van der Waals surface area contributed by atoms with Crippen molar-refractivity contribution >= 4 is 5.97 Å². The Balaban J connectivity index is 4.50. The topological polar surface area (TPSA) is 54.0 Å². The van der Waals surface area contributed by atoms with Gasteiger partial charge in [-0.05, 0) is 67.2 Å². The first-order valence-corrected chi connectivity index (χ1v) is 9.63. The van der Waals surface area contributed by atoms with Crippen molar-refractivity contribution in [3.05, 3.63) is 0 Å². The van der Waals surface area contributed by atoms with Crippen LogP contribution >= 0.6 is 0 Å². The van der Waals surface area contributed by atoms with Gasteiger partial charge in [-0.25, -0.2) is 4.79 Å². The first-order valence-electron chi connectivity index (χ1n) is 9.63. The van der Waals surface area contributed by atoms with Crippen LogP contribution in [0.1, 0.15) is 82.6 Å². The number of rotatable bonds is 11. The summed E-state index contributed by atoms with van der Waals surface area (Å²) in [4.78, 5) is 12.3. The zero-order valence-corrected chi connectivity index (χ0v) is 18.9. The van der Waals surface area contributed by atoms with Crippen molar-refractivity contribution < 1.29 is 23.7 Å². The van der Waals surface area contributed by atoms with Gasteiger partial charge in [0.25, 0.3) is 0 Å². The van der Waals surface area contributed by atoms with Crippen molar-refractivity contribution in [1.29, 1.82) is 0 Å². The smallest absolute Gasteiger partial charge is 0.337 e. The fourth-order valence-electron chi connectivity index (χ4n) is 2.14. The van der Waals surface area contributed by atoms with Crippen LogP contribution in [0, 0.1) is 5.41 Å². The third-order valence-corrected chi connectivity index (χ3v) is 4.76. The number of ether oxygens (including phenoxy) is 4. The van der Waals surface area contributed by atoms with Crippen molar-refractivity contribution in [3.8, 4) is 0 Å². The van der Waals surface area contributed by atoms with Gasteiger partial charge in [0.15, 0.2) is 5.60 Å². The minimum atomic E-state index is -1.03. The fourth-order valence-corrected chi connectivity index (χ4v) is 2.14. The van der Waals surface area contributed by atoms with E-state index in [0.29, 0.717) is 19.6 Å². The monoisotopic (exact) mass is 374 g/mol. The van der Waals surface area contributed by atoms with Gasteiger partial charge in [-0.15, -0.1) is 0 Å². The molecule has 0 unspecified atom stereocenters. The van der Waals surface area contributed by atoms with Crippen LogP contribution < -0.4 is 0 Å². The predicted octanol–water partition coefficient (Wildman–Crippen LogP) is 4.76. The maximum atomic E-state index is 12.3. The molecule has 0 atom stereocenters. The van der Waals surface area contributed by atoms with Gasteiger partial charge in [-0.1, -0.05) is 20.8 Å². The molecule has 0 saturated carbocycles. The Morgan fingerprint density at radius 1 is 0.846 bits per heavy atom. The van der Waals surface area contributed by atoms with Crippen LogP contribution in [0.5, 0.6) is 0 Å². The lowest BCUT2D eigenvalue weighted by atomic mass is 9.79. The normalized spacial score (nSPS) is 14.0.